The van der Waals surface area contributed by atoms with Crippen LogP contribution in [0.4, 0.5) is 11.5 Å². The summed E-state index contributed by atoms with van der Waals surface area (Å²) in [6, 6.07) is 0. The molecular formula is C10H16N4O2. The number of aliphatic hydroxyl groups excluding tert-OH is 1. The zero-order valence-corrected chi connectivity index (χ0v) is 9.18. The summed E-state index contributed by atoms with van der Waals surface area (Å²) in [5.74, 6) is 0.964. The third-order valence-electron chi connectivity index (χ3n) is 2.97. The van der Waals surface area contributed by atoms with Gasteiger partial charge in [-0.15, -0.1) is 0 Å². The minimum atomic E-state index is -0.314. The maximum absolute atomic E-state index is 11.3. The average Bonchev–Trinajstić information content (AvgIpc) is 2.19. The van der Waals surface area contributed by atoms with E-state index in [1.165, 1.54) is 6.33 Å². The van der Waals surface area contributed by atoms with E-state index in [-0.39, 0.29) is 17.4 Å². The van der Waals surface area contributed by atoms with Crippen molar-refractivity contribution in [1.29, 1.82) is 0 Å². The van der Waals surface area contributed by atoms with E-state index in [1.807, 2.05) is 11.9 Å². The van der Waals surface area contributed by atoms with Crippen molar-refractivity contribution in [2.75, 3.05) is 24.2 Å². The molecule has 0 unspecified atom stereocenters. The molecule has 0 atom stereocenters. The molecule has 6 heteroatoms. The number of hydrogen-bond acceptors (Lipinski definition) is 5. The van der Waals surface area contributed by atoms with Gasteiger partial charge < -0.3 is 20.7 Å². The van der Waals surface area contributed by atoms with Gasteiger partial charge in [-0.25, -0.2) is 4.98 Å². The average molecular weight is 224 g/mol. The van der Waals surface area contributed by atoms with Crippen LogP contribution in [0.2, 0.25) is 0 Å². The number of H-pyrrole nitrogens is 1. The quantitative estimate of drug-likeness (QED) is 0.647. The largest absolute Gasteiger partial charge is 0.393 e. The van der Waals surface area contributed by atoms with Crippen molar-refractivity contribution in [3.05, 3.63) is 16.7 Å². The first-order valence-electron chi connectivity index (χ1n) is 5.30. The van der Waals surface area contributed by atoms with Crippen LogP contribution in [0.25, 0.3) is 0 Å². The predicted molar refractivity (Wildman–Crippen MR) is 61.3 cm³/mol. The predicted octanol–water partition coefficient (Wildman–Crippen LogP) is -0.441. The van der Waals surface area contributed by atoms with Crippen LogP contribution < -0.4 is 16.2 Å². The number of rotatable bonds is 3. The van der Waals surface area contributed by atoms with E-state index in [2.05, 4.69) is 9.97 Å². The first kappa shape index (κ1) is 10.9. The molecule has 0 aromatic carbocycles. The molecule has 0 amide bonds. The standard InChI is InChI=1S/C10H16N4O2/c1-14(4-6-2-7(15)3-6)9-8(11)10(16)13-5-12-9/h5-7,15H,2-4,11H2,1H3,(H,12,13,16). The molecule has 1 heterocycles. The first-order valence-corrected chi connectivity index (χ1v) is 5.30. The monoisotopic (exact) mass is 224 g/mol. The lowest BCUT2D eigenvalue weighted by atomic mass is 9.82. The lowest BCUT2D eigenvalue weighted by molar-refractivity contribution is 0.0464. The number of anilines is 2. The van der Waals surface area contributed by atoms with Gasteiger partial charge in [0.1, 0.15) is 5.69 Å². The number of aromatic amines is 1. The molecule has 88 valence electrons. The molecule has 1 aliphatic rings. The molecule has 2 rings (SSSR count). The van der Waals surface area contributed by atoms with Crippen molar-refractivity contribution in [3.8, 4) is 0 Å². The molecule has 1 aromatic rings. The van der Waals surface area contributed by atoms with Crippen LogP contribution >= 0.6 is 0 Å². The van der Waals surface area contributed by atoms with Crippen LogP contribution in [0.5, 0.6) is 0 Å². The van der Waals surface area contributed by atoms with Crippen molar-refractivity contribution < 1.29 is 5.11 Å². The Hall–Kier alpha value is -1.56. The Morgan fingerprint density at radius 2 is 2.38 bits per heavy atom. The maximum atomic E-state index is 11.3. The second-order valence-electron chi connectivity index (χ2n) is 4.34. The van der Waals surface area contributed by atoms with Crippen LogP contribution in [0.3, 0.4) is 0 Å². The summed E-state index contributed by atoms with van der Waals surface area (Å²) in [6.45, 7) is 0.762. The molecular weight excluding hydrogens is 208 g/mol. The van der Waals surface area contributed by atoms with Crippen LogP contribution in [-0.2, 0) is 0 Å². The maximum Gasteiger partial charge on any atom is 0.276 e. The fourth-order valence-electron chi connectivity index (χ4n) is 2.03. The van der Waals surface area contributed by atoms with Crippen LogP contribution in [0.1, 0.15) is 12.8 Å². The number of nitrogen functional groups attached to an aromatic ring is 1. The summed E-state index contributed by atoms with van der Waals surface area (Å²) in [6.07, 6.45) is 2.81. The number of aromatic nitrogens is 2. The number of aliphatic hydroxyl groups is 1. The summed E-state index contributed by atoms with van der Waals surface area (Å²) < 4.78 is 0. The SMILES string of the molecule is CN(CC1CC(O)C1)c1nc[nH]c(=O)c1N. The molecule has 16 heavy (non-hydrogen) atoms. The molecule has 0 radical (unpaired) electrons. The Morgan fingerprint density at radius 1 is 1.69 bits per heavy atom. The summed E-state index contributed by atoms with van der Waals surface area (Å²) in [4.78, 5) is 19.6. The summed E-state index contributed by atoms with van der Waals surface area (Å²) in [5, 5.41) is 9.19. The second kappa shape index (κ2) is 4.13. The van der Waals surface area contributed by atoms with Gasteiger partial charge in [0.25, 0.3) is 5.56 Å². The van der Waals surface area contributed by atoms with Crippen molar-refractivity contribution in [2.45, 2.75) is 18.9 Å². The van der Waals surface area contributed by atoms with Gasteiger partial charge in [0.2, 0.25) is 0 Å². The van der Waals surface area contributed by atoms with Gasteiger partial charge in [-0.3, -0.25) is 4.79 Å². The number of nitrogens with zero attached hydrogens (tertiary/aromatic N) is 2. The summed E-state index contributed by atoms with van der Waals surface area (Å²) >= 11 is 0. The molecule has 0 aliphatic heterocycles. The minimum Gasteiger partial charge on any atom is -0.393 e. The highest BCUT2D eigenvalue weighted by Gasteiger charge is 2.28. The van der Waals surface area contributed by atoms with E-state index >= 15 is 0 Å². The Morgan fingerprint density at radius 3 is 3.00 bits per heavy atom. The number of nitrogens with two attached hydrogens (primary N) is 1. The van der Waals surface area contributed by atoms with Crippen LogP contribution in [-0.4, -0.2) is 34.8 Å². The lowest BCUT2D eigenvalue weighted by Gasteiger charge is -2.34. The molecule has 1 saturated carbocycles. The molecule has 4 N–H and O–H groups in total. The smallest absolute Gasteiger partial charge is 0.276 e. The first-order chi connectivity index (χ1) is 7.58. The molecule has 1 aliphatic carbocycles. The van der Waals surface area contributed by atoms with Crippen LogP contribution in [0, 0.1) is 5.92 Å². The van der Waals surface area contributed by atoms with Gasteiger partial charge in [0, 0.05) is 13.6 Å². The van der Waals surface area contributed by atoms with Gasteiger partial charge in [-0.1, -0.05) is 0 Å². The van der Waals surface area contributed by atoms with Gasteiger partial charge in [0.05, 0.1) is 12.4 Å². The van der Waals surface area contributed by atoms with E-state index in [9.17, 15) is 9.90 Å². The van der Waals surface area contributed by atoms with E-state index in [1.54, 1.807) is 0 Å². The molecule has 0 saturated heterocycles. The molecule has 1 aromatic heterocycles. The number of hydrogen-bond donors (Lipinski definition) is 3. The van der Waals surface area contributed by atoms with E-state index in [0.717, 1.165) is 19.4 Å². The lowest BCUT2D eigenvalue weighted by Crippen LogP contribution is -2.38. The van der Waals surface area contributed by atoms with Gasteiger partial charge >= 0.3 is 0 Å². The second-order valence-corrected chi connectivity index (χ2v) is 4.34. The Labute approximate surface area is 93.1 Å². The molecule has 6 nitrogen and oxygen atoms in total. The highest BCUT2D eigenvalue weighted by atomic mass is 16.3. The van der Waals surface area contributed by atoms with E-state index in [0.29, 0.717) is 11.7 Å². The van der Waals surface area contributed by atoms with E-state index < -0.39 is 0 Å². The van der Waals surface area contributed by atoms with Crippen molar-refractivity contribution in [2.24, 2.45) is 5.92 Å². The fourth-order valence-corrected chi connectivity index (χ4v) is 2.03. The zero-order valence-electron chi connectivity index (χ0n) is 9.18. The summed E-state index contributed by atoms with van der Waals surface area (Å²) in [5.41, 5.74) is 5.48. The van der Waals surface area contributed by atoms with Crippen molar-refractivity contribution in [1.82, 2.24) is 9.97 Å². The van der Waals surface area contributed by atoms with Gasteiger partial charge in [0.15, 0.2) is 5.82 Å². The highest BCUT2D eigenvalue weighted by Crippen LogP contribution is 2.29. The van der Waals surface area contributed by atoms with Crippen molar-refractivity contribution in [3.63, 3.8) is 0 Å². The van der Waals surface area contributed by atoms with Crippen molar-refractivity contribution >= 4 is 11.5 Å². The van der Waals surface area contributed by atoms with Gasteiger partial charge in [-0.2, -0.15) is 0 Å². The Bertz CT molecular complexity index is 425. The third kappa shape index (κ3) is 2.01. The molecule has 0 bridgehead atoms. The highest BCUT2D eigenvalue weighted by molar-refractivity contribution is 5.60. The molecule has 1 fully saturated rings. The fraction of sp³-hybridized carbons (Fsp3) is 0.600. The van der Waals surface area contributed by atoms with Crippen LogP contribution in [0.15, 0.2) is 11.1 Å². The third-order valence-corrected chi connectivity index (χ3v) is 2.97. The zero-order chi connectivity index (χ0) is 11.7. The summed E-state index contributed by atoms with van der Waals surface area (Å²) in [7, 11) is 1.85. The molecule has 0 spiro atoms. The normalized spacial score (nSPS) is 23.9. The Kier molecular flexibility index (Phi) is 2.82. The number of nitrogens with one attached hydrogen (secondary N) is 1. The van der Waals surface area contributed by atoms with Gasteiger partial charge in [-0.05, 0) is 18.8 Å². The topological polar surface area (TPSA) is 95.2 Å². The minimum absolute atomic E-state index is 0.143. The Balaban J connectivity index is 2.06. The van der Waals surface area contributed by atoms with E-state index in [4.69, 9.17) is 5.73 Å².